The molecule has 1 N–H and O–H groups in total. The van der Waals surface area contributed by atoms with Crippen LogP contribution >= 0.6 is 0 Å². The Kier molecular flexibility index (Phi) is 5.69. The molecule has 0 atom stereocenters. The van der Waals surface area contributed by atoms with Crippen LogP contribution in [0.25, 0.3) is 22.7 Å². The summed E-state index contributed by atoms with van der Waals surface area (Å²) in [5.74, 6) is 1.19. The number of aromatic nitrogens is 2. The fourth-order valence-electron chi connectivity index (χ4n) is 3.26. The van der Waals surface area contributed by atoms with Gasteiger partial charge in [0.25, 0.3) is 5.69 Å². The molecular weight excluding hydrogens is 404 g/mol. The van der Waals surface area contributed by atoms with Gasteiger partial charge in [0.2, 0.25) is 0 Å². The molecule has 0 saturated carbocycles. The summed E-state index contributed by atoms with van der Waals surface area (Å²) in [5, 5.41) is 20.4. The van der Waals surface area contributed by atoms with Crippen LogP contribution in [0.2, 0.25) is 0 Å². The number of non-ortho nitro benzene ring substituents is 1. The zero-order valence-corrected chi connectivity index (χ0v) is 17.6. The Morgan fingerprint density at radius 1 is 1.12 bits per heavy atom. The molecule has 0 spiro atoms. The molecule has 32 heavy (non-hydrogen) atoms. The molecule has 0 saturated heterocycles. The third kappa shape index (κ3) is 4.50. The molecule has 4 rings (SSSR count). The second-order valence-corrected chi connectivity index (χ2v) is 7.49. The summed E-state index contributed by atoms with van der Waals surface area (Å²) in [6, 6.07) is 19.9. The lowest BCUT2D eigenvalue weighted by molar-refractivity contribution is -0.384. The van der Waals surface area contributed by atoms with Gasteiger partial charge in [-0.3, -0.25) is 10.1 Å². The number of rotatable bonds is 6. The Morgan fingerprint density at radius 3 is 2.47 bits per heavy atom. The fourth-order valence-corrected chi connectivity index (χ4v) is 3.26. The summed E-state index contributed by atoms with van der Waals surface area (Å²) < 4.78 is 5.75. The number of aryl methyl sites for hydroxylation is 2. The quantitative estimate of drug-likeness (QED) is 0.242. The Hall–Kier alpha value is -4.44. The third-order valence-electron chi connectivity index (χ3n) is 5.22. The molecule has 3 aromatic carbocycles. The van der Waals surface area contributed by atoms with Gasteiger partial charge in [-0.25, -0.2) is 4.98 Å². The molecule has 7 heteroatoms. The summed E-state index contributed by atoms with van der Waals surface area (Å²) >= 11 is 0. The van der Waals surface area contributed by atoms with Gasteiger partial charge in [0.15, 0.2) is 0 Å². The van der Waals surface area contributed by atoms with Crippen LogP contribution in [0.15, 0.2) is 60.7 Å². The van der Waals surface area contributed by atoms with Crippen molar-refractivity contribution in [2.45, 2.75) is 20.5 Å². The predicted octanol–water partition coefficient (Wildman–Crippen LogP) is 5.73. The number of imidazole rings is 1. The van der Waals surface area contributed by atoms with Crippen molar-refractivity contribution in [3.63, 3.8) is 0 Å². The Balaban J connectivity index is 1.48. The second-order valence-electron chi connectivity index (χ2n) is 7.49. The number of aromatic amines is 1. The highest BCUT2D eigenvalue weighted by Crippen LogP contribution is 2.23. The summed E-state index contributed by atoms with van der Waals surface area (Å²) in [6.07, 6.45) is 1.78. The molecule has 1 aromatic heterocycles. The number of nitriles is 1. The largest absolute Gasteiger partial charge is 0.489 e. The number of hydrogen-bond acceptors (Lipinski definition) is 5. The van der Waals surface area contributed by atoms with Gasteiger partial charge < -0.3 is 9.72 Å². The number of H-pyrrole nitrogens is 1. The number of nitrogens with zero attached hydrogens (tertiary/aromatic N) is 3. The van der Waals surface area contributed by atoms with Crippen molar-refractivity contribution in [3.8, 4) is 11.8 Å². The maximum absolute atomic E-state index is 10.7. The van der Waals surface area contributed by atoms with E-state index in [-0.39, 0.29) is 5.69 Å². The van der Waals surface area contributed by atoms with Gasteiger partial charge in [-0.15, -0.1) is 0 Å². The average molecular weight is 424 g/mol. The molecule has 4 aromatic rings. The first-order chi connectivity index (χ1) is 15.4. The summed E-state index contributed by atoms with van der Waals surface area (Å²) in [5.41, 5.74) is 6.23. The number of ether oxygens (including phenoxy) is 1. The first-order valence-corrected chi connectivity index (χ1v) is 9.98. The zero-order chi connectivity index (χ0) is 22.7. The summed E-state index contributed by atoms with van der Waals surface area (Å²) in [4.78, 5) is 18.1. The van der Waals surface area contributed by atoms with Gasteiger partial charge >= 0.3 is 0 Å². The normalized spacial score (nSPS) is 11.3. The minimum absolute atomic E-state index is 0.0490. The van der Waals surface area contributed by atoms with Crippen molar-refractivity contribution in [2.24, 2.45) is 0 Å². The Morgan fingerprint density at radius 2 is 1.81 bits per heavy atom. The molecule has 1 heterocycles. The average Bonchev–Trinajstić information content (AvgIpc) is 3.19. The van der Waals surface area contributed by atoms with Crippen molar-refractivity contribution in [1.29, 1.82) is 5.26 Å². The number of allylic oxidation sites excluding steroid dienone is 1. The van der Waals surface area contributed by atoms with Crippen molar-refractivity contribution in [3.05, 3.63) is 98.9 Å². The van der Waals surface area contributed by atoms with Crippen LogP contribution in [-0.2, 0) is 6.61 Å². The zero-order valence-electron chi connectivity index (χ0n) is 17.6. The van der Waals surface area contributed by atoms with E-state index in [9.17, 15) is 15.4 Å². The fraction of sp³-hybridized carbons (Fsp3) is 0.120. The minimum Gasteiger partial charge on any atom is -0.489 e. The monoisotopic (exact) mass is 424 g/mol. The number of fused-ring (bicyclic) bond motifs is 1. The van der Waals surface area contributed by atoms with Gasteiger partial charge in [-0.05, 0) is 78.6 Å². The molecule has 7 nitrogen and oxygen atoms in total. The molecule has 0 aliphatic carbocycles. The third-order valence-corrected chi connectivity index (χ3v) is 5.22. The number of benzene rings is 3. The van der Waals surface area contributed by atoms with Crippen molar-refractivity contribution < 1.29 is 9.66 Å². The predicted molar refractivity (Wildman–Crippen MR) is 123 cm³/mol. The number of nitro benzene ring substituents is 1. The Bertz CT molecular complexity index is 1320. The van der Waals surface area contributed by atoms with E-state index >= 15 is 0 Å². The van der Waals surface area contributed by atoms with E-state index in [1.54, 1.807) is 18.2 Å². The standard InChI is InChI=1S/C25H20N4O3/c1-16-11-23-24(12-17(16)2)28-25(27-23)20(14-26)13-18-5-9-22(10-6-18)32-15-19-3-7-21(8-4-19)29(30)31/h3-13H,15H2,1-2H3,(H,27,28)/b20-13+. The van der Waals surface area contributed by atoms with E-state index in [0.29, 0.717) is 23.8 Å². The molecule has 0 radical (unpaired) electrons. The van der Waals surface area contributed by atoms with Crippen LogP contribution in [0.1, 0.15) is 28.1 Å². The van der Waals surface area contributed by atoms with Crippen molar-refractivity contribution in [2.75, 3.05) is 0 Å². The van der Waals surface area contributed by atoms with E-state index in [1.165, 1.54) is 17.7 Å². The maximum Gasteiger partial charge on any atom is 0.269 e. The minimum atomic E-state index is -0.431. The number of nitro groups is 1. The topological polar surface area (TPSA) is 105 Å². The van der Waals surface area contributed by atoms with Gasteiger partial charge in [-0.1, -0.05) is 12.1 Å². The summed E-state index contributed by atoms with van der Waals surface area (Å²) in [6.45, 7) is 4.38. The molecule has 0 amide bonds. The van der Waals surface area contributed by atoms with E-state index in [2.05, 4.69) is 16.0 Å². The lowest BCUT2D eigenvalue weighted by Crippen LogP contribution is -1.96. The first-order valence-electron chi connectivity index (χ1n) is 9.98. The maximum atomic E-state index is 10.7. The van der Waals surface area contributed by atoms with E-state index < -0.39 is 4.92 Å². The van der Waals surface area contributed by atoms with E-state index in [1.807, 2.05) is 50.2 Å². The SMILES string of the molecule is Cc1cc2nc(/C(C#N)=C/c3ccc(OCc4ccc([N+](=O)[O-])cc4)cc3)[nH]c2cc1C. The van der Waals surface area contributed by atoms with E-state index in [4.69, 9.17) is 4.74 Å². The smallest absolute Gasteiger partial charge is 0.269 e. The van der Waals surface area contributed by atoms with Gasteiger partial charge in [0, 0.05) is 12.1 Å². The highest BCUT2D eigenvalue weighted by Gasteiger charge is 2.10. The lowest BCUT2D eigenvalue weighted by Gasteiger charge is -2.06. The van der Waals surface area contributed by atoms with Crippen LogP contribution in [0.4, 0.5) is 5.69 Å². The second kappa shape index (κ2) is 8.74. The molecule has 0 fully saturated rings. The van der Waals surface area contributed by atoms with Gasteiger partial charge in [-0.2, -0.15) is 5.26 Å². The number of hydrogen-bond donors (Lipinski definition) is 1. The van der Waals surface area contributed by atoms with Gasteiger partial charge in [0.1, 0.15) is 24.3 Å². The molecule has 0 bridgehead atoms. The van der Waals surface area contributed by atoms with Gasteiger partial charge in [0.05, 0.1) is 21.5 Å². The highest BCUT2D eigenvalue weighted by molar-refractivity contribution is 5.90. The highest BCUT2D eigenvalue weighted by atomic mass is 16.6. The molecule has 0 aliphatic heterocycles. The van der Waals surface area contributed by atoms with Crippen LogP contribution in [-0.4, -0.2) is 14.9 Å². The van der Waals surface area contributed by atoms with Crippen LogP contribution in [0.3, 0.4) is 0 Å². The van der Waals surface area contributed by atoms with Crippen LogP contribution in [0, 0.1) is 35.3 Å². The molecule has 0 unspecified atom stereocenters. The lowest BCUT2D eigenvalue weighted by atomic mass is 10.1. The first kappa shape index (κ1) is 20.8. The number of nitrogens with one attached hydrogen (secondary N) is 1. The van der Waals surface area contributed by atoms with Crippen molar-refractivity contribution in [1.82, 2.24) is 9.97 Å². The molecular formula is C25H20N4O3. The van der Waals surface area contributed by atoms with Crippen molar-refractivity contribution >= 4 is 28.4 Å². The van der Waals surface area contributed by atoms with Crippen LogP contribution < -0.4 is 4.74 Å². The summed E-state index contributed by atoms with van der Waals surface area (Å²) in [7, 11) is 0. The van der Waals surface area contributed by atoms with Crippen LogP contribution in [0.5, 0.6) is 5.75 Å². The van der Waals surface area contributed by atoms with E-state index in [0.717, 1.165) is 27.7 Å². The Labute approximate surface area is 184 Å². The molecule has 0 aliphatic rings. The molecule has 158 valence electrons.